The topological polar surface area (TPSA) is 9.23 Å². The molecule has 32 heavy (non-hydrogen) atoms. The normalized spacial score (nSPS) is 23.5. The summed E-state index contributed by atoms with van der Waals surface area (Å²) in [5.74, 6) is 0.263. The fourth-order valence-corrected chi connectivity index (χ4v) is 5.36. The van der Waals surface area contributed by atoms with Crippen molar-refractivity contribution in [1.82, 2.24) is 0 Å². The highest BCUT2D eigenvalue weighted by Gasteiger charge is 2.22. The van der Waals surface area contributed by atoms with Crippen LogP contribution in [0.1, 0.15) is 74.0 Å². The van der Waals surface area contributed by atoms with Crippen LogP contribution in [0.5, 0.6) is 5.75 Å². The largest absolute Gasteiger partial charge is 0.494 e. The zero-order valence-corrected chi connectivity index (χ0v) is 19.1. The average Bonchev–Trinajstić information content (AvgIpc) is 2.85. The van der Waals surface area contributed by atoms with Gasteiger partial charge in [-0.1, -0.05) is 36.4 Å². The van der Waals surface area contributed by atoms with Gasteiger partial charge in [0.1, 0.15) is 0 Å². The Balaban J connectivity index is 1.32. The lowest BCUT2D eigenvalue weighted by Gasteiger charge is -2.26. The Labute approximate surface area is 191 Å². The molecule has 3 heteroatoms. The highest BCUT2D eigenvalue weighted by atomic mass is 19.2. The predicted molar refractivity (Wildman–Crippen MR) is 128 cm³/mol. The van der Waals surface area contributed by atoms with E-state index in [1.807, 2.05) is 0 Å². The molecule has 1 saturated carbocycles. The van der Waals surface area contributed by atoms with Gasteiger partial charge in [-0.3, -0.25) is 0 Å². The lowest BCUT2D eigenvalue weighted by Crippen LogP contribution is -2.13. The molecule has 2 aromatic carbocycles. The van der Waals surface area contributed by atoms with E-state index in [1.54, 1.807) is 6.07 Å². The molecule has 1 atom stereocenters. The van der Waals surface area contributed by atoms with Crippen molar-refractivity contribution in [1.29, 1.82) is 0 Å². The molecule has 0 spiro atoms. The second kappa shape index (κ2) is 10.5. The smallest absolute Gasteiger partial charge is 0.201 e. The summed E-state index contributed by atoms with van der Waals surface area (Å²) in [6.07, 6.45) is 14.5. The van der Waals surface area contributed by atoms with Crippen molar-refractivity contribution < 1.29 is 13.5 Å². The first-order valence-electron chi connectivity index (χ1n) is 12.0. The molecule has 2 aliphatic rings. The summed E-state index contributed by atoms with van der Waals surface area (Å²) in [6, 6.07) is 12.2. The van der Waals surface area contributed by atoms with Gasteiger partial charge in [-0.05, 0) is 104 Å². The average molecular weight is 437 g/mol. The van der Waals surface area contributed by atoms with Gasteiger partial charge in [0.2, 0.25) is 5.82 Å². The number of hydrogen-bond acceptors (Lipinski definition) is 1. The number of rotatable bonds is 7. The Morgan fingerprint density at radius 1 is 0.969 bits per heavy atom. The molecule has 2 aliphatic carbocycles. The number of benzene rings is 2. The van der Waals surface area contributed by atoms with E-state index >= 15 is 0 Å². The van der Waals surface area contributed by atoms with Crippen LogP contribution in [0.2, 0.25) is 0 Å². The maximum atomic E-state index is 14.4. The van der Waals surface area contributed by atoms with Gasteiger partial charge in [0.25, 0.3) is 0 Å². The van der Waals surface area contributed by atoms with Gasteiger partial charge in [-0.15, -0.1) is 6.58 Å². The first kappa shape index (κ1) is 22.8. The number of hydrogen-bond donors (Lipinski definition) is 0. The van der Waals surface area contributed by atoms with E-state index in [4.69, 9.17) is 4.74 Å². The minimum absolute atomic E-state index is 0.0509. The molecule has 0 aromatic heterocycles. The number of ether oxygens (including phenoxy) is 1. The lowest BCUT2D eigenvalue weighted by molar-refractivity contribution is 0.296. The molecule has 1 unspecified atom stereocenters. The number of aryl methyl sites for hydroxylation is 1. The summed E-state index contributed by atoms with van der Waals surface area (Å²) in [6.45, 7) is 3.94. The zero-order chi connectivity index (χ0) is 22.5. The van der Waals surface area contributed by atoms with Crippen LogP contribution in [-0.2, 0) is 6.42 Å². The second-order valence-electron chi connectivity index (χ2n) is 9.44. The minimum Gasteiger partial charge on any atom is -0.494 e. The van der Waals surface area contributed by atoms with Crippen molar-refractivity contribution >= 4 is 5.57 Å². The molecular weight excluding hydrogens is 402 g/mol. The first-order chi connectivity index (χ1) is 15.6. The van der Waals surface area contributed by atoms with Gasteiger partial charge >= 0.3 is 0 Å². The van der Waals surface area contributed by atoms with Crippen LogP contribution in [0, 0.1) is 23.5 Å². The Morgan fingerprint density at radius 2 is 1.72 bits per heavy atom. The van der Waals surface area contributed by atoms with Gasteiger partial charge in [-0.25, -0.2) is 4.39 Å². The van der Waals surface area contributed by atoms with E-state index in [2.05, 4.69) is 43.0 Å². The van der Waals surface area contributed by atoms with Crippen molar-refractivity contribution in [2.75, 3.05) is 7.11 Å². The molecule has 2 aromatic rings. The molecule has 0 heterocycles. The fraction of sp³-hybridized carbons (Fsp3) is 0.448. The summed E-state index contributed by atoms with van der Waals surface area (Å²) in [5, 5.41) is 0. The van der Waals surface area contributed by atoms with Crippen LogP contribution in [0.15, 0.2) is 55.1 Å². The Hall–Kier alpha value is -2.42. The molecule has 0 radical (unpaired) electrons. The van der Waals surface area contributed by atoms with E-state index in [9.17, 15) is 8.78 Å². The van der Waals surface area contributed by atoms with Gasteiger partial charge in [-0.2, -0.15) is 4.39 Å². The summed E-state index contributed by atoms with van der Waals surface area (Å²) >= 11 is 0. The Morgan fingerprint density at radius 3 is 2.34 bits per heavy atom. The second-order valence-corrected chi connectivity index (χ2v) is 9.44. The first-order valence-corrected chi connectivity index (χ1v) is 12.0. The third kappa shape index (κ3) is 5.14. The summed E-state index contributed by atoms with van der Waals surface area (Å²) in [4.78, 5) is 0. The molecule has 0 amide bonds. The maximum Gasteiger partial charge on any atom is 0.201 e. The van der Waals surface area contributed by atoms with Crippen molar-refractivity contribution in [3.63, 3.8) is 0 Å². The van der Waals surface area contributed by atoms with Crippen LogP contribution in [0.4, 0.5) is 8.78 Å². The Kier molecular flexibility index (Phi) is 7.44. The minimum atomic E-state index is -0.905. The van der Waals surface area contributed by atoms with Crippen LogP contribution < -0.4 is 4.74 Å². The highest BCUT2D eigenvalue weighted by molar-refractivity contribution is 5.68. The zero-order valence-electron chi connectivity index (χ0n) is 19.1. The molecule has 0 aliphatic heterocycles. The maximum absolute atomic E-state index is 14.4. The third-order valence-electron chi connectivity index (χ3n) is 7.54. The van der Waals surface area contributed by atoms with Crippen molar-refractivity contribution in [2.24, 2.45) is 11.8 Å². The predicted octanol–water partition coefficient (Wildman–Crippen LogP) is 8.25. The molecule has 1 nitrogen and oxygen atoms in total. The fourth-order valence-electron chi connectivity index (χ4n) is 5.36. The van der Waals surface area contributed by atoms with E-state index in [1.165, 1.54) is 56.4 Å². The van der Waals surface area contributed by atoms with Gasteiger partial charge < -0.3 is 4.74 Å². The SMILES string of the molecule is C=CC1CCC(CCc2ccc(C3CC=C(c4ccc(OC)c(F)c4F)CC3)cc2)CC1. The number of methoxy groups -OCH3 is 1. The standard InChI is InChI=1S/C29H34F2O/c1-3-20-4-6-21(7-5-20)8-9-22-10-12-23(13-11-22)24-14-16-25(17-15-24)26-18-19-27(32-2)29(31)28(26)30/h3,10-13,16,18-21,24H,1,4-9,14-15,17H2,2H3. The van der Waals surface area contributed by atoms with Crippen molar-refractivity contribution in [2.45, 2.75) is 63.7 Å². The van der Waals surface area contributed by atoms with Crippen LogP contribution >= 0.6 is 0 Å². The van der Waals surface area contributed by atoms with Crippen LogP contribution in [-0.4, -0.2) is 7.11 Å². The third-order valence-corrected chi connectivity index (χ3v) is 7.54. The van der Waals surface area contributed by atoms with Crippen molar-refractivity contribution in [3.8, 4) is 5.75 Å². The highest BCUT2D eigenvalue weighted by Crippen LogP contribution is 2.38. The van der Waals surface area contributed by atoms with E-state index in [-0.39, 0.29) is 5.75 Å². The van der Waals surface area contributed by atoms with Gasteiger partial charge in [0.15, 0.2) is 11.6 Å². The van der Waals surface area contributed by atoms with Crippen molar-refractivity contribution in [3.05, 3.63) is 83.5 Å². The number of halogens is 2. The quantitative estimate of drug-likeness (QED) is 0.397. The molecule has 1 fully saturated rings. The van der Waals surface area contributed by atoms with E-state index in [0.717, 1.165) is 43.1 Å². The summed E-state index contributed by atoms with van der Waals surface area (Å²) in [7, 11) is 1.35. The van der Waals surface area contributed by atoms with Crippen LogP contribution in [0.25, 0.3) is 5.57 Å². The van der Waals surface area contributed by atoms with Gasteiger partial charge in [0.05, 0.1) is 7.11 Å². The van der Waals surface area contributed by atoms with Gasteiger partial charge in [0, 0.05) is 5.56 Å². The molecule has 0 N–H and O–H groups in total. The molecule has 0 saturated heterocycles. The lowest BCUT2D eigenvalue weighted by atomic mass is 9.79. The number of allylic oxidation sites excluding steroid dienone is 3. The summed E-state index contributed by atoms with van der Waals surface area (Å²) in [5.41, 5.74) is 4.02. The Bertz CT molecular complexity index is 952. The molecular formula is C29H34F2O. The van der Waals surface area contributed by atoms with E-state index < -0.39 is 11.6 Å². The molecule has 170 valence electrons. The summed E-state index contributed by atoms with van der Waals surface area (Å²) < 4.78 is 33.4. The molecule has 4 rings (SSSR count). The van der Waals surface area contributed by atoms with Crippen LogP contribution in [0.3, 0.4) is 0 Å². The van der Waals surface area contributed by atoms with E-state index in [0.29, 0.717) is 11.5 Å². The molecule has 0 bridgehead atoms. The monoisotopic (exact) mass is 436 g/mol.